The van der Waals surface area contributed by atoms with E-state index in [4.69, 9.17) is 0 Å². The standard InChI is InChI=1S/C9H9O.Y/c1-7-3-4-9(6-10)8(2)5-7;/h3-4,6H,1-2H3;/q-1;. The van der Waals surface area contributed by atoms with Gasteiger partial charge in [0.15, 0.2) is 0 Å². The molecule has 0 heterocycles. The van der Waals surface area contributed by atoms with Crippen molar-refractivity contribution in [2.45, 2.75) is 13.8 Å². The monoisotopic (exact) mass is 222 g/mol. The van der Waals surface area contributed by atoms with Gasteiger partial charge >= 0.3 is 0 Å². The first kappa shape index (κ1) is 11.0. The average molecular weight is 222 g/mol. The largest absolute Gasteiger partial charge is 0.312 e. The Labute approximate surface area is 92.1 Å². The number of hydrogen-bond donors (Lipinski definition) is 0. The maximum atomic E-state index is 10.3. The second-order valence-electron chi connectivity index (χ2n) is 2.34. The molecule has 0 saturated carbocycles. The molecule has 1 aromatic rings. The molecule has 0 aromatic heterocycles. The van der Waals surface area contributed by atoms with Crippen LogP contribution in [0.2, 0.25) is 0 Å². The zero-order chi connectivity index (χ0) is 7.56. The molecular formula is C9H9OY-. The maximum Gasteiger partial charge on any atom is 0.0952 e. The molecule has 0 amide bonds. The number of benzene rings is 1. The van der Waals surface area contributed by atoms with E-state index in [9.17, 15) is 4.79 Å². The molecule has 0 fully saturated rings. The Morgan fingerprint density at radius 1 is 1.36 bits per heavy atom. The van der Waals surface area contributed by atoms with Gasteiger partial charge in [-0.2, -0.15) is 29.3 Å². The second kappa shape index (κ2) is 4.79. The van der Waals surface area contributed by atoms with Gasteiger partial charge in [-0.15, -0.1) is 0 Å². The van der Waals surface area contributed by atoms with E-state index in [0.717, 1.165) is 23.0 Å². The summed E-state index contributed by atoms with van der Waals surface area (Å²) in [5.74, 6) is 0. The van der Waals surface area contributed by atoms with Crippen LogP contribution in [-0.4, -0.2) is 6.29 Å². The summed E-state index contributed by atoms with van der Waals surface area (Å²) in [5, 5.41) is 0. The fourth-order valence-electron chi connectivity index (χ4n) is 0.877. The minimum absolute atomic E-state index is 0. The van der Waals surface area contributed by atoms with Crippen LogP contribution in [0, 0.1) is 19.9 Å². The van der Waals surface area contributed by atoms with Gasteiger partial charge in [0, 0.05) is 32.7 Å². The SMILES string of the molecule is Cc1[c-]c(C)c(C=O)cc1.[Y]. The summed E-state index contributed by atoms with van der Waals surface area (Å²) in [7, 11) is 0. The first-order chi connectivity index (χ1) is 4.74. The number of carbonyl (C=O) groups is 1. The van der Waals surface area contributed by atoms with Crippen molar-refractivity contribution in [2.75, 3.05) is 0 Å². The summed E-state index contributed by atoms with van der Waals surface area (Å²) >= 11 is 0. The number of carbonyl (C=O) groups excluding carboxylic acids is 1. The Bertz CT molecular complexity index is 256. The van der Waals surface area contributed by atoms with Crippen LogP contribution in [0.3, 0.4) is 0 Å². The van der Waals surface area contributed by atoms with Crippen LogP contribution in [0.5, 0.6) is 0 Å². The van der Waals surface area contributed by atoms with Crippen LogP contribution in [0.25, 0.3) is 0 Å². The predicted octanol–water partition coefficient (Wildman–Crippen LogP) is 1.91. The molecule has 11 heavy (non-hydrogen) atoms. The van der Waals surface area contributed by atoms with Crippen molar-refractivity contribution < 1.29 is 37.5 Å². The molecule has 1 radical (unpaired) electrons. The van der Waals surface area contributed by atoms with Crippen LogP contribution in [0.4, 0.5) is 0 Å². The molecule has 1 aromatic carbocycles. The molecule has 0 N–H and O–H groups in total. The molecule has 0 unspecified atom stereocenters. The zero-order valence-corrected chi connectivity index (χ0v) is 9.56. The fourth-order valence-corrected chi connectivity index (χ4v) is 0.877. The van der Waals surface area contributed by atoms with Crippen molar-refractivity contribution in [3.63, 3.8) is 0 Å². The van der Waals surface area contributed by atoms with Gasteiger partial charge < -0.3 is 4.79 Å². The minimum Gasteiger partial charge on any atom is -0.312 e. The topological polar surface area (TPSA) is 17.1 Å². The normalized spacial score (nSPS) is 8.55. The summed E-state index contributed by atoms with van der Waals surface area (Å²) in [6, 6.07) is 6.76. The Kier molecular flexibility index (Phi) is 4.79. The van der Waals surface area contributed by atoms with Crippen molar-refractivity contribution in [3.05, 3.63) is 34.9 Å². The molecule has 0 saturated heterocycles. The van der Waals surface area contributed by atoms with Crippen LogP contribution in [-0.2, 0) is 32.7 Å². The first-order valence-electron chi connectivity index (χ1n) is 3.19. The number of aryl methyl sites for hydroxylation is 2. The van der Waals surface area contributed by atoms with E-state index in [1.807, 2.05) is 26.0 Å². The average Bonchev–Trinajstić information content (AvgIpc) is 1.88. The van der Waals surface area contributed by atoms with E-state index in [2.05, 4.69) is 6.07 Å². The van der Waals surface area contributed by atoms with Gasteiger partial charge in [-0.3, -0.25) is 0 Å². The predicted molar refractivity (Wildman–Crippen MR) is 40.1 cm³/mol. The third-order valence-corrected chi connectivity index (χ3v) is 1.46. The molecule has 0 bridgehead atoms. The molecule has 0 aliphatic rings. The third-order valence-electron chi connectivity index (χ3n) is 1.46. The van der Waals surface area contributed by atoms with E-state index >= 15 is 0 Å². The zero-order valence-electron chi connectivity index (χ0n) is 6.72. The molecule has 1 nitrogen and oxygen atoms in total. The smallest absolute Gasteiger partial charge is 0.0952 e. The Morgan fingerprint density at radius 2 is 2.00 bits per heavy atom. The van der Waals surface area contributed by atoms with Crippen molar-refractivity contribution in [1.82, 2.24) is 0 Å². The second-order valence-corrected chi connectivity index (χ2v) is 2.34. The first-order valence-corrected chi connectivity index (χ1v) is 3.19. The van der Waals surface area contributed by atoms with Gasteiger partial charge in [-0.25, -0.2) is 0 Å². The number of aldehydes is 1. The molecule has 0 aliphatic carbocycles. The van der Waals surface area contributed by atoms with Crippen LogP contribution in [0.1, 0.15) is 21.5 Å². The number of hydrogen-bond acceptors (Lipinski definition) is 1. The summed E-state index contributed by atoms with van der Waals surface area (Å²) < 4.78 is 0. The van der Waals surface area contributed by atoms with Crippen LogP contribution >= 0.6 is 0 Å². The van der Waals surface area contributed by atoms with Gasteiger partial charge in [-0.1, -0.05) is 19.4 Å². The molecule has 0 atom stereocenters. The quantitative estimate of drug-likeness (QED) is 0.524. The Hall–Kier alpha value is -0.00610. The summed E-state index contributed by atoms with van der Waals surface area (Å²) in [6.45, 7) is 3.85. The van der Waals surface area contributed by atoms with Crippen LogP contribution < -0.4 is 0 Å². The summed E-state index contributed by atoms with van der Waals surface area (Å²) in [4.78, 5) is 10.3. The fraction of sp³-hybridized carbons (Fsp3) is 0.222. The van der Waals surface area contributed by atoms with Gasteiger partial charge in [0.25, 0.3) is 0 Å². The van der Waals surface area contributed by atoms with Gasteiger partial charge in [0.05, 0.1) is 6.29 Å². The minimum atomic E-state index is 0. The van der Waals surface area contributed by atoms with Gasteiger partial charge in [0.2, 0.25) is 0 Å². The maximum absolute atomic E-state index is 10.3. The molecule has 0 aliphatic heterocycles. The number of rotatable bonds is 1. The van der Waals surface area contributed by atoms with Crippen molar-refractivity contribution in [1.29, 1.82) is 0 Å². The van der Waals surface area contributed by atoms with Crippen molar-refractivity contribution in [3.8, 4) is 0 Å². The molecule has 1 rings (SSSR count). The van der Waals surface area contributed by atoms with Gasteiger partial charge in [0.1, 0.15) is 0 Å². The molecule has 0 spiro atoms. The van der Waals surface area contributed by atoms with E-state index in [0.29, 0.717) is 0 Å². The Balaban J connectivity index is 0.000001000. The van der Waals surface area contributed by atoms with E-state index in [1.165, 1.54) is 0 Å². The van der Waals surface area contributed by atoms with Crippen molar-refractivity contribution in [2.24, 2.45) is 0 Å². The van der Waals surface area contributed by atoms with Gasteiger partial charge in [-0.05, 0) is 0 Å². The summed E-state index contributed by atoms with van der Waals surface area (Å²) in [5.41, 5.74) is 2.73. The summed E-state index contributed by atoms with van der Waals surface area (Å²) in [6.07, 6.45) is 0.852. The molecule has 2 heteroatoms. The molecule has 55 valence electrons. The van der Waals surface area contributed by atoms with E-state index < -0.39 is 0 Å². The van der Waals surface area contributed by atoms with Crippen LogP contribution in [0.15, 0.2) is 12.1 Å². The van der Waals surface area contributed by atoms with E-state index in [-0.39, 0.29) is 32.7 Å². The molecular weight excluding hydrogens is 213 g/mol. The third kappa shape index (κ3) is 2.84. The Morgan fingerprint density at radius 3 is 2.45 bits per heavy atom. The van der Waals surface area contributed by atoms with E-state index in [1.54, 1.807) is 0 Å². The van der Waals surface area contributed by atoms with Crippen molar-refractivity contribution >= 4 is 6.29 Å².